The van der Waals surface area contributed by atoms with E-state index in [-0.39, 0.29) is 30.2 Å². The van der Waals surface area contributed by atoms with Gasteiger partial charge in [-0.1, -0.05) is 17.4 Å². The Labute approximate surface area is 166 Å². The Balaban J connectivity index is 1.42. The molecule has 2 aromatic rings. The summed E-state index contributed by atoms with van der Waals surface area (Å²) in [4.78, 5) is 46.5. The Hall–Kier alpha value is -2.68. The monoisotopic (exact) mass is 402 g/mol. The van der Waals surface area contributed by atoms with Crippen molar-refractivity contribution in [3.63, 3.8) is 0 Å². The van der Waals surface area contributed by atoms with E-state index in [1.54, 1.807) is 14.7 Å². The normalized spacial score (nSPS) is 20.1. The van der Waals surface area contributed by atoms with Gasteiger partial charge in [-0.15, -0.1) is 0 Å². The predicted octanol–water partition coefficient (Wildman–Crippen LogP) is 1.87. The topological polar surface area (TPSA) is 83.0 Å². The maximum Gasteiger partial charge on any atom is 0.409 e. The van der Waals surface area contributed by atoms with Gasteiger partial charge in [0, 0.05) is 39.1 Å². The lowest BCUT2D eigenvalue weighted by molar-refractivity contribution is -0.137. The van der Waals surface area contributed by atoms with E-state index >= 15 is 0 Å². The van der Waals surface area contributed by atoms with Gasteiger partial charge in [-0.05, 0) is 24.6 Å². The SMILES string of the molecule is COC(=O)N1CCN(C(=O)C2CC(=O)N(c3nc4ccc(C)cc4s3)C2)CC1. The van der Waals surface area contributed by atoms with Crippen LogP contribution in [0.25, 0.3) is 10.2 Å². The van der Waals surface area contributed by atoms with E-state index in [4.69, 9.17) is 4.74 Å². The lowest BCUT2D eigenvalue weighted by atomic mass is 10.1. The molecule has 0 bridgehead atoms. The molecule has 3 amide bonds. The number of ether oxygens (including phenoxy) is 1. The van der Waals surface area contributed by atoms with Crippen molar-refractivity contribution in [2.75, 3.05) is 44.7 Å². The molecular weight excluding hydrogens is 380 g/mol. The number of hydrogen-bond donors (Lipinski definition) is 0. The van der Waals surface area contributed by atoms with Gasteiger partial charge >= 0.3 is 6.09 Å². The summed E-state index contributed by atoms with van der Waals surface area (Å²) < 4.78 is 5.76. The number of hydrogen-bond acceptors (Lipinski definition) is 6. The summed E-state index contributed by atoms with van der Waals surface area (Å²) in [6.45, 7) is 4.18. The average Bonchev–Trinajstić information content (AvgIpc) is 3.29. The van der Waals surface area contributed by atoms with Crippen LogP contribution in [0.15, 0.2) is 18.2 Å². The molecule has 8 nitrogen and oxygen atoms in total. The van der Waals surface area contributed by atoms with Crippen LogP contribution in [0.4, 0.5) is 9.93 Å². The number of carbonyl (C=O) groups is 3. The molecule has 0 saturated carbocycles. The van der Waals surface area contributed by atoms with Crippen LogP contribution in [0.3, 0.4) is 0 Å². The number of aryl methyl sites for hydroxylation is 1. The molecule has 1 unspecified atom stereocenters. The van der Waals surface area contributed by atoms with E-state index < -0.39 is 0 Å². The number of nitrogens with zero attached hydrogens (tertiary/aromatic N) is 4. The number of carbonyl (C=O) groups excluding carboxylic acids is 3. The zero-order chi connectivity index (χ0) is 19.8. The van der Waals surface area contributed by atoms with Crippen molar-refractivity contribution in [2.45, 2.75) is 13.3 Å². The molecule has 2 fully saturated rings. The summed E-state index contributed by atoms with van der Waals surface area (Å²) in [6.07, 6.45) is -0.175. The molecule has 0 spiro atoms. The molecule has 4 rings (SSSR count). The second-order valence-electron chi connectivity index (χ2n) is 7.16. The fourth-order valence-corrected chi connectivity index (χ4v) is 4.78. The number of methoxy groups -OCH3 is 1. The maximum absolute atomic E-state index is 12.9. The Bertz CT molecular complexity index is 935. The third-order valence-electron chi connectivity index (χ3n) is 5.26. The molecule has 2 aliphatic heterocycles. The van der Waals surface area contributed by atoms with E-state index in [0.717, 1.165) is 15.8 Å². The summed E-state index contributed by atoms with van der Waals surface area (Å²) in [5.74, 6) is -0.467. The third kappa shape index (κ3) is 3.42. The molecule has 2 aliphatic rings. The third-order valence-corrected chi connectivity index (χ3v) is 6.30. The molecule has 2 saturated heterocycles. The Morgan fingerprint density at radius 1 is 1.18 bits per heavy atom. The zero-order valence-corrected chi connectivity index (χ0v) is 16.7. The van der Waals surface area contributed by atoms with E-state index in [2.05, 4.69) is 11.1 Å². The quantitative estimate of drug-likeness (QED) is 0.766. The zero-order valence-electron chi connectivity index (χ0n) is 15.9. The second-order valence-corrected chi connectivity index (χ2v) is 8.16. The molecule has 1 aromatic heterocycles. The molecule has 9 heteroatoms. The number of thiazole rings is 1. The minimum Gasteiger partial charge on any atom is -0.453 e. The smallest absolute Gasteiger partial charge is 0.409 e. The fraction of sp³-hybridized carbons (Fsp3) is 0.474. The van der Waals surface area contributed by atoms with Crippen LogP contribution in [-0.4, -0.2) is 72.5 Å². The Morgan fingerprint density at radius 3 is 2.61 bits per heavy atom. The van der Waals surface area contributed by atoms with Crippen LogP contribution >= 0.6 is 11.3 Å². The number of aromatic nitrogens is 1. The minimum absolute atomic E-state index is 0.0303. The number of fused-ring (bicyclic) bond motifs is 1. The van der Waals surface area contributed by atoms with Gasteiger partial charge < -0.3 is 14.5 Å². The van der Waals surface area contributed by atoms with Crippen LogP contribution in [0.5, 0.6) is 0 Å². The van der Waals surface area contributed by atoms with Crippen molar-refractivity contribution < 1.29 is 19.1 Å². The maximum atomic E-state index is 12.9. The fourth-order valence-electron chi connectivity index (χ4n) is 3.69. The highest BCUT2D eigenvalue weighted by Crippen LogP contribution is 2.33. The van der Waals surface area contributed by atoms with E-state index in [9.17, 15) is 14.4 Å². The van der Waals surface area contributed by atoms with E-state index in [1.807, 2.05) is 19.1 Å². The van der Waals surface area contributed by atoms with Crippen LogP contribution in [0.2, 0.25) is 0 Å². The van der Waals surface area contributed by atoms with Crippen LogP contribution < -0.4 is 4.90 Å². The van der Waals surface area contributed by atoms with Crippen molar-refractivity contribution in [2.24, 2.45) is 5.92 Å². The van der Waals surface area contributed by atoms with Crippen LogP contribution in [0, 0.1) is 12.8 Å². The first-order chi connectivity index (χ1) is 13.5. The largest absolute Gasteiger partial charge is 0.453 e. The van der Waals surface area contributed by atoms with Gasteiger partial charge in [0.1, 0.15) is 0 Å². The summed E-state index contributed by atoms with van der Waals surface area (Å²) in [7, 11) is 1.35. The highest BCUT2D eigenvalue weighted by Gasteiger charge is 2.39. The van der Waals surface area contributed by atoms with Gasteiger partial charge in [-0.2, -0.15) is 0 Å². The number of anilines is 1. The van der Waals surface area contributed by atoms with Crippen LogP contribution in [-0.2, 0) is 14.3 Å². The lowest BCUT2D eigenvalue weighted by Crippen LogP contribution is -2.52. The van der Waals surface area contributed by atoms with E-state index in [1.165, 1.54) is 18.4 Å². The predicted molar refractivity (Wildman–Crippen MR) is 105 cm³/mol. The first-order valence-electron chi connectivity index (χ1n) is 9.25. The average molecular weight is 402 g/mol. The molecular formula is C19H22N4O4S. The molecule has 28 heavy (non-hydrogen) atoms. The molecule has 3 heterocycles. The molecule has 148 valence electrons. The number of rotatable bonds is 2. The first kappa shape index (κ1) is 18.7. The van der Waals surface area contributed by atoms with Crippen molar-refractivity contribution in [3.8, 4) is 0 Å². The molecule has 0 N–H and O–H groups in total. The number of amides is 3. The van der Waals surface area contributed by atoms with Gasteiger partial charge in [0.25, 0.3) is 0 Å². The highest BCUT2D eigenvalue weighted by molar-refractivity contribution is 7.22. The second kappa shape index (κ2) is 7.38. The van der Waals surface area contributed by atoms with Crippen molar-refractivity contribution in [3.05, 3.63) is 23.8 Å². The van der Waals surface area contributed by atoms with Gasteiger partial charge in [0.15, 0.2) is 5.13 Å². The van der Waals surface area contributed by atoms with E-state index in [0.29, 0.717) is 37.9 Å². The van der Waals surface area contributed by atoms with Crippen molar-refractivity contribution in [1.82, 2.24) is 14.8 Å². The minimum atomic E-state index is -0.375. The Morgan fingerprint density at radius 2 is 1.89 bits per heavy atom. The molecule has 1 aromatic carbocycles. The standard InChI is InChI=1S/C19H22N4O4S/c1-12-3-4-14-15(9-12)28-18(20-14)23-11-13(10-16(23)24)17(25)21-5-7-22(8-6-21)19(26)27-2/h3-4,9,13H,5-8,10-11H2,1-2H3. The van der Waals surface area contributed by atoms with Crippen molar-refractivity contribution >= 4 is 44.6 Å². The van der Waals surface area contributed by atoms with Crippen LogP contribution in [0.1, 0.15) is 12.0 Å². The summed E-state index contributed by atoms with van der Waals surface area (Å²) in [5.41, 5.74) is 2.02. The highest BCUT2D eigenvalue weighted by atomic mass is 32.1. The summed E-state index contributed by atoms with van der Waals surface area (Å²) >= 11 is 1.48. The number of piperazine rings is 1. The molecule has 0 aliphatic carbocycles. The van der Waals surface area contributed by atoms with Gasteiger partial charge in [-0.25, -0.2) is 9.78 Å². The molecule has 1 atom stereocenters. The van der Waals surface area contributed by atoms with Gasteiger partial charge in [0.2, 0.25) is 11.8 Å². The lowest BCUT2D eigenvalue weighted by Gasteiger charge is -2.35. The van der Waals surface area contributed by atoms with Gasteiger partial charge in [-0.3, -0.25) is 14.5 Å². The number of benzene rings is 1. The Kier molecular flexibility index (Phi) is 4.92. The molecule has 0 radical (unpaired) electrons. The van der Waals surface area contributed by atoms with Gasteiger partial charge in [0.05, 0.1) is 23.2 Å². The first-order valence-corrected chi connectivity index (χ1v) is 10.1. The summed E-state index contributed by atoms with van der Waals surface area (Å²) in [5, 5.41) is 0.649. The van der Waals surface area contributed by atoms with Crippen molar-refractivity contribution in [1.29, 1.82) is 0 Å². The summed E-state index contributed by atoms with van der Waals surface area (Å²) in [6, 6.07) is 6.01.